The molecule has 133 heavy (non-hydrogen) atoms. The lowest BCUT2D eigenvalue weighted by Crippen LogP contribution is -2.55. The number of hydrogen-bond acceptors (Lipinski definition) is 11. The van der Waals surface area contributed by atoms with Crippen molar-refractivity contribution >= 4 is 169 Å². The number of nitriles is 1. The van der Waals surface area contributed by atoms with Gasteiger partial charge in [-0.1, -0.05) is 269 Å². The van der Waals surface area contributed by atoms with Crippen molar-refractivity contribution in [2.24, 2.45) is 17.8 Å². The van der Waals surface area contributed by atoms with E-state index < -0.39 is 0 Å². The second-order valence-electron chi connectivity index (χ2n) is 37.6. The Labute approximate surface area is 819 Å². The van der Waals surface area contributed by atoms with Gasteiger partial charge in [-0.05, 0) is 255 Å². The summed E-state index contributed by atoms with van der Waals surface area (Å²) in [5.74, 6) is 7.85. The summed E-state index contributed by atoms with van der Waals surface area (Å²) in [5.41, 5.74) is 18.4. The molecule has 0 unspecified atom stereocenters. The van der Waals surface area contributed by atoms with Crippen LogP contribution in [0.3, 0.4) is 0 Å². The molecule has 8 fully saturated rings. The van der Waals surface area contributed by atoms with E-state index in [1.165, 1.54) is 176 Å². The summed E-state index contributed by atoms with van der Waals surface area (Å²) >= 11 is 39.9. The SMILES string of the molecule is Cc1c(Br)ccc2nc(-c3ccccc3Cl)c(NC3CCCCC3)n12.Cc1cc(Br)cn2c(NC3CCCCC3)c(-c3ccccc3Cl)nc12.Clc1ccccc1-c1nc2c3ccccc3ccn2c1NC12CC3CC(CC(C3)C1)C2.Clc1ccccc1-c1nc2ccc3ccccc3n2c1NC1CCCCC1.N#Cc1ccc2nc(-c3ccccc3Cl)c(NC3CCCCC3)n2c1. The van der Waals surface area contributed by atoms with Crippen molar-refractivity contribution in [2.45, 2.75) is 210 Å². The molecule has 0 saturated heterocycles. The first kappa shape index (κ1) is 90.2. The highest BCUT2D eigenvalue weighted by atomic mass is 79.9. The van der Waals surface area contributed by atoms with Crippen LogP contribution < -0.4 is 26.6 Å². The van der Waals surface area contributed by atoms with Crippen LogP contribution in [0.15, 0.2) is 246 Å². The molecule has 0 amide bonds. The number of benzene rings is 7. The average molecular weight is 1990 g/mol. The first-order valence-corrected chi connectivity index (χ1v) is 51.2. The molecule has 25 rings (SSSR count). The molecule has 4 bridgehead atoms. The summed E-state index contributed by atoms with van der Waals surface area (Å²) in [6.45, 7) is 4.20. The number of aryl methyl sites for hydroxylation is 2. The van der Waals surface area contributed by atoms with Gasteiger partial charge in [0.15, 0.2) is 0 Å². The third kappa shape index (κ3) is 19.2. The Kier molecular flexibility index (Phi) is 27.2. The molecule has 0 spiro atoms. The molecule has 10 heterocycles. The van der Waals surface area contributed by atoms with Gasteiger partial charge in [-0.3, -0.25) is 22.0 Å². The third-order valence-corrected chi connectivity index (χ3v) is 31.4. The van der Waals surface area contributed by atoms with Gasteiger partial charge >= 0.3 is 0 Å². The zero-order chi connectivity index (χ0) is 90.8. The van der Waals surface area contributed by atoms with Crippen molar-refractivity contribution in [1.82, 2.24) is 46.9 Å². The van der Waals surface area contributed by atoms with Crippen LogP contribution in [0.25, 0.3) is 106 Å². The average Bonchev–Trinajstić information content (AvgIpc) is 1.41. The molecular weight excluding hydrogens is 1880 g/mol. The lowest BCUT2D eigenvalue weighted by molar-refractivity contribution is 0.0105. The molecule has 8 aliphatic rings. The van der Waals surface area contributed by atoms with E-state index in [1.807, 2.05) is 126 Å². The van der Waals surface area contributed by atoms with Crippen molar-refractivity contribution in [3.8, 4) is 62.4 Å². The van der Waals surface area contributed by atoms with Gasteiger partial charge in [0.05, 0.1) is 36.2 Å². The Morgan fingerprint density at radius 1 is 0.368 bits per heavy atom. The number of pyridine rings is 5. The number of halogens is 7. The van der Waals surface area contributed by atoms with Crippen molar-refractivity contribution in [1.29, 1.82) is 5.26 Å². The van der Waals surface area contributed by atoms with E-state index in [4.69, 9.17) is 82.9 Å². The molecule has 16 nitrogen and oxygen atoms in total. The van der Waals surface area contributed by atoms with Crippen molar-refractivity contribution < 1.29 is 0 Å². The standard InChI is InChI=1S/C27H26ClN3.C23H22ClN3.2C20H21BrClN3.C20H19ClN4/c28-23-8-4-3-7-22(23)24-26(30-27-14-17-11-18(15-27)13-19(12-17)16-27)31-10-9-20-5-1-2-6-21(20)25(31)29-24;24-19-12-6-5-11-18(19)22-23(25-17-9-2-1-3-10-17)27-20-13-7-4-8-16(20)14-15-21(27)26-22;1-13-11-14(21)12-25-19(13)24-18(16-9-5-6-10-17(16)22)20(25)23-15-7-3-2-4-8-15;1-13-16(21)11-12-18-24-19(15-9-5-6-10-17(15)22)20(25(13)18)23-14-7-3-2-4-8-14;21-17-9-5-4-8-16(17)19-20(23-15-6-2-1-3-7-15)25-13-14(12-22)10-11-18(25)24-19/h1-10,17-19,30H,11-16H2;4-8,11-15,17,25H,1-3,9-10H2;5-6,9-12,15,23H,2-4,7-8H2,1H3;5-6,9-12,14,23H,2-4,7-8H2,1H3;4-5,8-11,13,15,23H,1-3,6-7H2. The van der Waals surface area contributed by atoms with E-state index in [0.29, 0.717) is 34.8 Å². The highest BCUT2D eigenvalue weighted by Gasteiger charge is 2.52. The van der Waals surface area contributed by atoms with E-state index in [0.717, 1.165) is 185 Å². The van der Waals surface area contributed by atoms with Crippen molar-refractivity contribution in [2.75, 3.05) is 26.6 Å². The van der Waals surface area contributed by atoms with Crippen molar-refractivity contribution in [3.05, 3.63) is 288 Å². The smallest absolute Gasteiger partial charge is 0.147 e. The minimum Gasteiger partial charge on any atom is -0.367 e. The van der Waals surface area contributed by atoms with Crippen LogP contribution in [0.1, 0.15) is 184 Å². The Morgan fingerprint density at radius 2 is 0.759 bits per heavy atom. The monoisotopic (exact) mass is 1990 g/mol. The van der Waals surface area contributed by atoms with Gasteiger partial charge in [-0.25, -0.2) is 24.9 Å². The first-order chi connectivity index (χ1) is 65.0. The fourth-order valence-electron chi connectivity index (χ4n) is 22.3. The van der Waals surface area contributed by atoms with Gasteiger partial charge in [-0.2, -0.15) is 5.26 Å². The third-order valence-electron chi connectivity index (χ3n) is 28.4. The molecular formula is C110H109Br2Cl5N16. The Morgan fingerprint density at radius 3 is 1.26 bits per heavy atom. The number of imidazole rings is 5. The van der Waals surface area contributed by atoms with E-state index >= 15 is 0 Å². The van der Waals surface area contributed by atoms with Gasteiger partial charge in [0, 0.05) is 96.1 Å². The van der Waals surface area contributed by atoms with Crippen LogP contribution in [0.4, 0.5) is 29.1 Å². The summed E-state index contributed by atoms with van der Waals surface area (Å²) in [7, 11) is 0. The molecule has 0 aliphatic heterocycles. The van der Waals surface area contributed by atoms with E-state index in [2.05, 4.69) is 205 Å². The largest absolute Gasteiger partial charge is 0.367 e. The summed E-state index contributed by atoms with van der Waals surface area (Å²) in [5, 5.41) is 35.7. The van der Waals surface area contributed by atoms with E-state index in [9.17, 15) is 5.26 Å². The highest BCUT2D eigenvalue weighted by Crippen LogP contribution is 2.58. The van der Waals surface area contributed by atoms with Gasteiger partial charge in [0.25, 0.3) is 0 Å². The molecule has 8 saturated carbocycles. The first-order valence-electron chi connectivity index (χ1n) is 47.7. The fourth-order valence-corrected chi connectivity index (χ4v) is 24.3. The fraction of sp³-hybridized carbons (Fsp3) is 0.327. The Bertz CT molecular complexity index is 7080. The van der Waals surface area contributed by atoms with E-state index in [-0.39, 0.29) is 5.54 Å². The van der Waals surface area contributed by atoms with Crippen LogP contribution in [0.5, 0.6) is 0 Å². The molecule has 17 aromatic rings. The van der Waals surface area contributed by atoms with Crippen molar-refractivity contribution in [3.63, 3.8) is 0 Å². The zero-order valence-electron chi connectivity index (χ0n) is 75.0. The summed E-state index contributed by atoms with van der Waals surface area (Å²) in [4.78, 5) is 24.8. The maximum Gasteiger partial charge on any atom is 0.147 e. The van der Waals surface area contributed by atoms with Gasteiger partial charge in [0.1, 0.15) is 91.9 Å². The molecule has 5 N–H and O–H groups in total. The normalized spacial score (nSPS) is 18.7. The molecule has 10 aromatic heterocycles. The Balaban J connectivity index is 0.000000104. The maximum absolute atomic E-state index is 9.25. The molecule has 7 aromatic carbocycles. The molecule has 678 valence electrons. The summed E-state index contributed by atoms with van der Waals surface area (Å²) in [6.07, 6.45) is 39.4. The number of para-hydroxylation sites is 1. The summed E-state index contributed by atoms with van der Waals surface area (Å²) in [6, 6.07) is 77.1. The molecule has 0 atom stereocenters. The second kappa shape index (κ2) is 40.1. The second-order valence-corrected chi connectivity index (χ2v) is 41.4. The van der Waals surface area contributed by atoms with Gasteiger partial charge < -0.3 is 26.6 Å². The number of rotatable bonds is 15. The summed E-state index contributed by atoms with van der Waals surface area (Å²) < 4.78 is 13.0. The minimum atomic E-state index is 0.201. The zero-order valence-corrected chi connectivity index (χ0v) is 82.0. The van der Waals surface area contributed by atoms with Crippen LogP contribution >= 0.6 is 89.9 Å². The number of nitrogens with one attached hydrogen (secondary N) is 5. The Hall–Kier alpha value is -10.6. The maximum atomic E-state index is 9.25. The quantitative estimate of drug-likeness (QED) is 0.0662. The lowest BCUT2D eigenvalue weighted by Gasteiger charge is -2.57. The van der Waals surface area contributed by atoms with Crippen LogP contribution in [-0.4, -0.2) is 76.6 Å². The number of fused-ring (bicyclic) bond motifs is 9. The minimum absolute atomic E-state index is 0.201. The van der Waals surface area contributed by atoms with Gasteiger partial charge in [-0.15, -0.1) is 0 Å². The molecule has 8 aliphatic carbocycles. The van der Waals surface area contributed by atoms with Crippen LogP contribution in [-0.2, 0) is 0 Å². The topological polar surface area (TPSA) is 170 Å². The van der Waals surface area contributed by atoms with Crippen LogP contribution in [0, 0.1) is 42.9 Å². The number of anilines is 5. The molecule has 0 radical (unpaired) electrons. The van der Waals surface area contributed by atoms with Gasteiger partial charge in [0.2, 0.25) is 0 Å². The number of aromatic nitrogens is 10. The highest BCUT2D eigenvalue weighted by molar-refractivity contribution is 9.10. The molecule has 23 heteroatoms. The lowest BCUT2D eigenvalue weighted by atomic mass is 9.53. The van der Waals surface area contributed by atoms with E-state index in [1.54, 1.807) is 6.07 Å². The van der Waals surface area contributed by atoms with Crippen LogP contribution in [0.2, 0.25) is 25.1 Å². The number of hydrogen-bond donors (Lipinski definition) is 5. The predicted octanol–water partition coefficient (Wildman–Crippen LogP) is 32.0. The predicted molar refractivity (Wildman–Crippen MR) is 559 cm³/mol. The number of nitrogens with zero attached hydrogens (tertiary/aromatic N) is 11.